The van der Waals surface area contributed by atoms with Crippen molar-refractivity contribution in [1.82, 2.24) is 5.43 Å². The molecular formula is C31H37N3O7S. The van der Waals surface area contributed by atoms with E-state index in [-0.39, 0.29) is 39.5 Å². The van der Waals surface area contributed by atoms with E-state index in [9.17, 15) is 28.4 Å². The second kappa shape index (κ2) is 12.3. The smallest absolute Gasteiger partial charge is 0.339 e. The van der Waals surface area contributed by atoms with Crippen LogP contribution in [0, 0.1) is 17.0 Å². The first-order valence-electron chi connectivity index (χ1n) is 13.4. The number of benzene rings is 3. The van der Waals surface area contributed by atoms with Crippen molar-refractivity contribution in [3.8, 4) is 11.5 Å². The molecular weight excluding hydrogens is 558 g/mol. The molecule has 0 fully saturated rings. The molecule has 3 aromatic rings. The van der Waals surface area contributed by atoms with Gasteiger partial charge in [0.15, 0.2) is 0 Å². The van der Waals surface area contributed by atoms with Crippen LogP contribution in [0.5, 0.6) is 11.5 Å². The lowest BCUT2D eigenvalue weighted by atomic mass is 9.78. The Bertz CT molecular complexity index is 1580. The Hall–Kier alpha value is -4.25. The molecule has 2 N–H and O–H groups in total. The standard InChI is InChI=1S/C31H37N3O7S/c1-20-8-14-24(18-27(20)34(37)38)42(39,40)41-23-12-9-21(10-13-23)19-32-33-28(35)15-11-22-16-25(30(2,3)4)29(36)26(17-22)31(5,6)7/h8-10,12-14,16-19,36H,11,15H2,1-7H3,(H,33,35)/b32-19-. The number of nitro benzene ring substituents is 1. The van der Waals surface area contributed by atoms with Gasteiger partial charge in [-0.2, -0.15) is 13.5 Å². The molecule has 42 heavy (non-hydrogen) atoms. The largest absolute Gasteiger partial charge is 0.507 e. The number of nitrogens with zero attached hydrogens (tertiary/aromatic N) is 2. The van der Waals surface area contributed by atoms with Gasteiger partial charge >= 0.3 is 10.1 Å². The summed E-state index contributed by atoms with van der Waals surface area (Å²) in [6, 6.07) is 13.4. The van der Waals surface area contributed by atoms with Gasteiger partial charge in [-0.15, -0.1) is 0 Å². The number of carbonyl (C=O) groups excluding carboxylic acids is 1. The molecule has 0 spiro atoms. The number of phenols is 1. The van der Waals surface area contributed by atoms with E-state index in [1.807, 2.05) is 53.7 Å². The number of nitrogens with one attached hydrogen (secondary N) is 1. The Kier molecular flexibility index (Phi) is 9.46. The maximum Gasteiger partial charge on any atom is 0.339 e. The molecule has 0 atom stereocenters. The summed E-state index contributed by atoms with van der Waals surface area (Å²) in [4.78, 5) is 22.6. The van der Waals surface area contributed by atoms with Gasteiger partial charge < -0.3 is 9.29 Å². The van der Waals surface area contributed by atoms with Crippen LogP contribution in [-0.2, 0) is 32.2 Å². The molecule has 0 aliphatic carbocycles. The molecule has 0 unspecified atom stereocenters. The maximum atomic E-state index is 12.6. The number of hydrazone groups is 1. The summed E-state index contributed by atoms with van der Waals surface area (Å²) in [5.41, 5.74) is 5.18. The van der Waals surface area contributed by atoms with Crippen LogP contribution in [0.4, 0.5) is 5.69 Å². The molecule has 3 rings (SSSR count). The minimum absolute atomic E-state index is 0.0116. The number of carbonyl (C=O) groups is 1. The third-order valence-corrected chi connectivity index (χ3v) is 7.82. The number of nitro groups is 1. The molecule has 0 saturated heterocycles. The van der Waals surface area contributed by atoms with Crippen LogP contribution in [0.1, 0.15) is 75.8 Å². The average molecular weight is 596 g/mol. The molecule has 11 heteroatoms. The summed E-state index contributed by atoms with van der Waals surface area (Å²) in [5.74, 6) is 0.0192. The molecule has 0 aliphatic rings. The highest BCUT2D eigenvalue weighted by atomic mass is 32.2. The van der Waals surface area contributed by atoms with Crippen molar-refractivity contribution in [3.63, 3.8) is 0 Å². The predicted molar refractivity (Wildman–Crippen MR) is 162 cm³/mol. The number of hydrogen-bond donors (Lipinski definition) is 2. The van der Waals surface area contributed by atoms with Crippen molar-refractivity contribution in [2.75, 3.05) is 0 Å². The van der Waals surface area contributed by atoms with Gasteiger partial charge in [-0.25, -0.2) is 5.43 Å². The van der Waals surface area contributed by atoms with Gasteiger partial charge in [0.05, 0.1) is 11.1 Å². The highest BCUT2D eigenvalue weighted by Crippen LogP contribution is 2.40. The molecule has 224 valence electrons. The summed E-state index contributed by atoms with van der Waals surface area (Å²) in [7, 11) is -4.29. The van der Waals surface area contributed by atoms with E-state index in [0.29, 0.717) is 23.3 Å². The van der Waals surface area contributed by atoms with Gasteiger partial charge in [0.1, 0.15) is 16.4 Å². The topological polar surface area (TPSA) is 148 Å². The molecule has 0 aliphatic heterocycles. The van der Waals surface area contributed by atoms with Crippen molar-refractivity contribution < 1.29 is 27.4 Å². The van der Waals surface area contributed by atoms with E-state index >= 15 is 0 Å². The molecule has 3 aromatic carbocycles. The monoisotopic (exact) mass is 595 g/mol. The third-order valence-electron chi connectivity index (χ3n) is 6.58. The highest BCUT2D eigenvalue weighted by molar-refractivity contribution is 7.87. The molecule has 1 amide bonds. The van der Waals surface area contributed by atoms with Gasteiger partial charge in [0.2, 0.25) is 5.91 Å². The fourth-order valence-corrected chi connectivity index (χ4v) is 5.15. The second-order valence-corrected chi connectivity index (χ2v) is 13.7. The van der Waals surface area contributed by atoms with Crippen LogP contribution in [0.25, 0.3) is 0 Å². The van der Waals surface area contributed by atoms with E-state index in [4.69, 9.17) is 4.18 Å². The second-order valence-electron chi connectivity index (χ2n) is 12.1. The molecule has 10 nitrogen and oxygen atoms in total. The zero-order valence-corrected chi connectivity index (χ0v) is 25.7. The van der Waals surface area contributed by atoms with E-state index in [2.05, 4.69) is 10.5 Å². The van der Waals surface area contributed by atoms with E-state index in [0.717, 1.165) is 22.8 Å². The Morgan fingerprint density at radius 3 is 2.10 bits per heavy atom. The third kappa shape index (κ3) is 8.16. The fraction of sp³-hybridized carbons (Fsp3) is 0.355. The number of aromatic hydroxyl groups is 1. The van der Waals surface area contributed by atoms with Gasteiger partial charge in [-0.1, -0.05) is 59.7 Å². The van der Waals surface area contributed by atoms with Crippen molar-refractivity contribution in [3.05, 3.63) is 92.5 Å². The maximum absolute atomic E-state index is 12.6. The summed E-state index contributed by atoms with van der Waals surface area (Å²) in [6.07, 6.45) is 2.07. The number of amides is 1. The van der Waals surface area contributed by atoms with Crippen molar-refractivity contribution in [2.24, 2.45) is 5.10 Å². The first-order valence-corrected chi connectivity index (χ1v) is 14.8. The normalized spacial score (nSPS) is 12.4. The molecule has 0 saturated carbocycles. The van der Waals surface area contributed by atoms with Gasteiger partial charge in [0.25, 0.3) is 5.69 Å². The average Bonchev–Trinajstić information content (AvgIpc) is 2.87. The summed E-state index contributed by atoms with van der Waals surface area (Å²) < 4.78 is 30.3. The quantitative estimate of drug-likeness (QED) is 0.132. The zero-order chi connectivity index (χ0) is 31.5. The SMILES string of the molecule is Cc1ccc(S(=O)(=O)Oc2ccc(/C=N\NC(=O)CCc3cc(C(C)(C)C)c(O)c(C(C)(C)C)c3)cc2)cc1[N+](=O)[O-]. The first-order chi connectivity index (χ1) is 19.4. The first kappa shape index (κ1) is 32.3. The number of hydrogen-bond acceptors (Lipinski definition) is 8. The minimum Gasteiger partial charge on any atom is -0.507 e. The zero-order valence-electron chi connectivity index (χ0n) is 24.9. The van der Waals surface area contributed by atoms with Crippen LogP contribution >= 0.6 is 0 Å². The number of aryl methyl sites for hydroxylation is 2. The lowest BCUT2D eigenvalue weighted by Crippen LogP contribution is -2.20. The van der Waals surface area contributed by atoms with Crippen LogP contribution in [0.15, 0.2) is 64.6 Å². The summed E-state index contributed by atoms with van der Waals surface area (Å²) in [6.45, 7) is 13.7. The number of phenolic OH excluding ortho intramolecular Hbond substituents is 1. The summed E-state index contributed by atoms with van der Waals surface area (Å²) in [5, 5.41) is 26.0. The lowest BCUT2D eigenvalue weighted by molar-refractivity contribution is -0.385. The Balaban J connectivity index is 1.62. The van der Waals surface area contributed by atoms with Gasteiger partial charge in [-0.3, -0.25) is 14.9 Å². The molecule has 0 bridgehead atoms. The van der Waals surface area contributed by atoms with Gasteiger partial charge in [0, 0.05) is 18.1 Å². The molecule has 0 radical (unpaired) electrons. The Labute approximate surface area is 246 Å². The van der Waals surface area contributed by atoms with E-state index in [1.54, 1.807) is 12.1 Å². The van der Waals surface area contributed by atoms with Crippen LogP contribution < -0.4 is 9.61 Å². The van der Waals surface area contributed by atoms with Crippen LogP contribution in [-0.4, -0.2) is 30.6 Å². The van der Waals surface area contributed by atoms with Crippen LogP contribution in [0.2, 0.25) is 0 Å². The summed E-state index contributed by atoms with van der Waals surface area (Å²) >= 11 is 0. The van der Waals surface area contributed by atoms with E-state index in [1.165, 1.54) is 37.4 Å². The molecule has 0 aromatic heterocycles. The van der Waals surface area contributed by atoms with Crippen molar-refractivity contribution in [1.29, 1.82) is 0 Å². The van der Waals surface area contributed by atoms with E-state index < -0.39 is 15.0 Å². The predicted octanol–water partition coefficient (Wildman–Crippen LogP) is 6.05. The molecule has 0 heterocycles. The van der Waals surface area contributed by atoms with Crippen LogP contribution in [0.3, 0.4) is 0 Å². The van der Waals surface area contributed by atoms with Crippen molar-refractivity contribution in [2.45, 2.75) is 77.0 Å². The fourth-order valence-electron chi connectivity index (χ4n) is 4.20. The van der Waals surface area contributed by atoms with Gasteiger partial charge in [-0.05, 0) is 76.8 Å². The lowest BCUT2D eigenvalue weighted by Gasteiger charge is -2.28. The van der Waals surface area contributed by atoms with Crippen molar-refractivity contribution >= 4 is 27.9 Å². The minimum atomic E-state index is -4.29. The highest BCUT2D eigenvalue weighted by Gasteiger charge is 2.26. The Morgan fingerprint density at radius 1 is 1.00 bits per heavy atom. The number of rotatable bonds is 9. The Morgan fingerprint density at radius 2 is 1.57 bits per heavy atom.